The summed E-state index contributed by atoms with van der Waals surface area (Å²) in [7, 11) is 5.57. The topological polar surface area (TPSA) is 3.24 Å². The third kappa shape index (κ3) is 5.07. The zero-order valence-electron chi connectivity index (χ0n) is 6.06. The highest BCUT2D eigenvalue weighted by molar-refractivity contribution is 8.19. The van der Waals surface area contributed by atoms with Crippen LogP contribution in [0.5, 0.6) is 0 Å². The average molecular weight is 168 g/mol. The fourth-order valence-corrected chi connectivity index (χ4v) is 1.60. The van der Waals surface area contributed by atoms with Crippen LogP contribution < -0.4 is 0 Å². The van der Waals surface area contributed by atoms with E-state index in [2.05, 4.69) is 18.2 Å². The van der Waals surface area contributed by atoms with Gasteiger partial charge in [0.25, 0.3) is 0 Å². The van der Waals surface area contributed by atoms with Gasteiger partial charge in [-0.2, -0.15) is 0 Å². The molecule has 0 amide bonds. The van der Waals surface area contributed by atoms with E-state index in [1.54, 1.807) is 0 Å². The predicted octanol–water partition coefficient (Wildman–Crippen LogP) is 2.91. The normalized spacial score (nSPS) is 10.7. The van der Waals surface area contributed by atoms with Gasteiger partial charge in [-0.3, -0.25) is 0 Å². The molecule has 0 saturated heterocycles. The number of rotatable bonds is 5. The SMILES string of the molecule is CCCN(CCC)SCl. The number of hydrogen-bond donors (Lipinski definition) is 0. The van der Waals surface area contributed by atoms with Gasteiger partial charge in [0, 0.05) is 24.3 Å². The maximum Gasteiger partial charge on any atom is 0.0307 e. The van der Waals surface area contributed by atoms with Crippen molar-refractivity contribution in [2.24, 2.45) is 0 Å². The van der Waals surface area contributed by atoms with Gasteiger partial charge in [-0.05, 0) is 23.5 Å². The van der Waals surface area contributed by atoms with Crippen molar-refractivity contribution in [1.29, 1.82) is 0 Å². The third-order valence-corrected chi connectivity index (χ3v) is 2.19. The van der Waals surface area contributed by atoms with Gasteiger partial charge in [-0.25, -0.2) is 4.31 Å². The Hall–Kier alpha value is 0.600. The fraction of sp³-hybridized carbons (Fsp3) is 1.00. The third-order valence-electron chi connectivity index (χ3n) is 1.04. The van der Waals surface area contributed by atoms with E-state index < -0.39 is 0 Å². The molecule has 0 aromatic heterocycles. The Morgan fingerprint density at radius 2 is 1.67 bits per heavy atom. The molecule has 0 aromatic rings. The van der Waals surface area contributed by atoms with Gasteiger partial charge in [0.1, 0.15) is 0 Å². The second-order valence-corrected chi connectivity index (χ2v) is 3.07. The van der Waals surface area contributed by atoms with E-state index in [-0.39, 0.29) is 0 Å². The minimum atomic E-state index is 1.10. The molecule has 0 atom stereocenters. The average Bonchev–Trinajstić information content (AvgIpc) is 1.88. The van der Waals surface area contributed by atoms with E-state index in [0.29, 0.717) is 0 Å². The number of halogens is 1. The van der Waals surface area contributed by atoms with Crippen molar-refractivity contribution in [2.75, 3.05) is 13.1 Å². The molecule has 0 aliphatic carbocycles. The van der Waals surface area contributed by atoms with Crippen LogP contribution in [0, 0.1) is 0 Å². The maximum atomic E-state index is 5.57. The lowest BCUT2D eigenvalue weighted by Gasteiger charge is -2.14. The monoisotopic (exact) mass is 167 g/mol. The summed E-state index contributed by atoms with van der Waals surface area (Å²) < 4.78 is 2.17. The second kappa shape index (κ2) is 6.72. The van der Waals surface area contributed by atoms with Crippen LogP contribution in [-0.2, 0) is 0 Å². The molecule has 0 fully saturated rings. The molecule has 0 bridgehead atoms. The molecular weight excluding hydrogens is 154 g/mol. The first kappa shape index (κ1) is 9.60. The molecule has 0 heterocycles. The Morgan fingerprint density at radius 3 is 1.89 bits per heavy atom. The maximum absolute atomic E-state index is 5.57. The molecule has 9 heavy (non-hydrogen) atoms. The van der Waals surface area contributed by atoms with E-state index in [1.165, 1.54) is 24.0 Å². The molecule has 1 nitrogen and oxygen atoms in total. The van der Waals surface area contributed by atoms with Gasteiger partial charge in [-0.15, -0.1) is 0 Å². The van der Waals surface area contributed by atoms with Crippen LogP contribution in [0.3, 0.4) is 0 Å². The van der Waals surface area contributed by atoms with Crippen molar-refractivity contribution in [3.63, 3.8) is 0 Å². The Labute approximate surface area is 66.4 Å². The standard InChI is InChI=1S/C6H14ClNS/c1-3-5-8(9-7)6-4-2/h3-6H2,1-2H3. The van der Waals surface area contributed by atoms with Crippen LogP contribution in [0.2, 0.25) is 0 Å². The summed E-state index contributed by atoms with van der Waals surface area (Å²) in [6.07, 6.45) is 2.36. The van der Waals surface area contributed by atoms with Gasteiger partial charge >= 0.3 is 0 Å². The molecule has 0 aliphatic rings. The summed E-state index contributed by atoms with van der Waals surface area (Å²) >= 11 is 1.32. The molecule has 0 saturated carbocycles. The molecule has 0 aromatic carbocycles. The molecule has 0 N–H and O–H groups in total. The van der Waals surface area contributed by atoms with Crippen LogP contribution >= 0.6 is 21.8 Å². The zero-order valence-corrected chi connectivity index (χ0v) is 7.63. The van der Waals surface area contributed by atoms with E-state index in [1.807, 2.05) is 0 Å². The van der Waals surface area contributed by atoms with Gasteiger partial charge in [-0.1, -0.05) is 13.8 Å². The lowest BCUT2D eigenvalue weighted by atomic mass is 10.4. The van der Waals surface area contributed by atoms with Crippen molar-refractivity contribution in [2.45, 2.75) is 26.7 Å². The molecule has 0 rings (SSSR count). The first-order valence-corrected chi connectivity index (χ1v) is 4.98. The summed E-state index contributed by atoms with van der Waals surface area (Å²) in [4.78, 5) is 0. The van der Waals surface area contributed by atoms with Crippen LogP contribution in [0.25, 0.3) is 0 Å². The second-order valence-electron chi connectivity index (χ2n) is 2.00. The van der Waals surface area contributed by atoms with Crippen molar-refractivity contribution in [3.8, 4) is 0 Å². The largest absolute Gasteiger partial charge is 0.237 e. The minimum Gasteiger partial charge on any atom is -0.237 e. The Bertz CT molecular complexity index is 55.0. The van der Waals surface area contributed by atoms with Crippen molar-refractivity contribution in [3.05, 3.63) is 0 Å². The molecule has 56 valence electrons. The Kier molecular flexibility index (Phi) is 7.16. The van der Waals surface area contributed by atoms with Crippen LogP contribution in [0.15, 0.2) is 0 Å². The summed E-state index contributed by atoms with van der Waals surface area (Å²) in [5.41, 5.74) is 0. The van der Waals surface area contributed by atoms with Crippen LogP contribution in [0.4, 0.5) is 0 Å². The van der Waals surface area contributed by atoms with E-state index in [0.717, 1.165) is 13.1 Å². The molecular formula is C6H14ClNS. The highest BCUT2D eigenvalue weighted by atomic mass is 35.7. The molecule has 0 radical (unpaired) electrons. The van der Waals surface area contributed by atoms with Crippen LogP contribution in [-0.4, -0.2) is 17.4 Å². The molecule has 0 unspecified atom stereocenters. The highest BCUT2D eigenvalue weighted by Crippen LogP contribution is 2.14. The smallest absolute Gasteiger partial charge is 0.0307 e. The summed E-state index contributed by atoms with van der Waals surface area (Å²) in [5.74, 6) is 0. The fourth-order valence-electron chi connectivity index (χ4n) is 0.680. The van der Waals surface area contributed by atoms with Crippen molar-refractivity contribution in [1.82, 2.24) is 4.31 Å². The van der Waals surface area contributed by atoms with Gasteiger partial charge in [0.05, 0.1) is 0 Å². The summed E-state index contributed by atoms with van der Waals surface area (Å²) in [6, 6.07) is 0. The Morgan fingerprint density at radius 1 is 1.22 bits per heavy atom. The van der Waals surface area contributed by atoms with Gasteiger partial charge in [0.15, 0.2) is 0 Å². The van der Waals surface area contributed by atoms with E-state index >= 15 is 0 Å². The number of hydrogen-bond acceptors (Lipinski definition) is 2. The first-order valence-electron chi connectivity index (χ1n) is 3.38. The van der Waals surface area contributed by atoms with Crippen LogP contribution in [0.1, 0.15) is 26.7 Å². The van der Waals surface area contributed by atoms with Crippen molar-refractivity contribution >= 4 is 21.8 Å². The zero-order chi connectivity index (χ0) is 7.11. The lowest BCUT2D eigenvalue weighted by Crippen LogP contribution is -2.15. The molecule has 3 heteroatoms. The predicted molar refractivity (Wildman–Crippen MR) is 45.6 cm³/mol. The molecule has 0 spiro atoms. The number of nitrogens with zero attached hydrogens (tertiary/aromatic N) is 1. The highest BCUT2D eigenvalue weighted by Gasteiger charge is 1.98. The first-order chi connectivity index (χ1) is 4.35. The van der Waals surface area contributed by atoms with E-state index in [9.17, 15) is 0 Å². The quantitative estimate of drug-likeness (QED) is 0.580. The van der Waals surface area contributed by atoms with Gasteiger partial charge in [0.2, 0.25) is 0 Å². The minimum absolute atomic E-state index is 1.10. The Balaban J connectivity index is 3.18. The summed E-state index contributed by atoms with van der Waals surface area (Å²) in [6.45, 7) is 6.52. The van der Waals surface area contributed by atoms with Gasteiger partial charge < -0.3 is 0 Å². The van der Waals surface area contributed by atoms with E-state index in [4.69, 9.17) is 10.7 Å². The summed E-state index contributed by atoms with van der Waals surface area (Å²) in [5, 5.41) is 0. The lowest BCUT2D eigenvalue weighted by molar-refractivity contribution is 0.471. The molecule has 0 aliphatic heterocycles. The van der Waals surface area contributed by atoms with Crippen molar-refractivity contribution < 1.29 is 0 Å².